The zero-order valence-corrected chi connectivity index (χ0v) is 12.6. The number of hydrogen-bond acceptors (Lipinski definition) is 2. The Bertz CT molecular complexity index is 579. The molecule has 2 aromatic heterocycles. The summed E-state index contributed by atoms with van der Waals surface area (Å²) < 4.78 is 4.31. The number of nitrogens with zero attached hydrogens (tertiary/aromatic N) is 3. The van der Waals surface area contributed by atoms with Crippen LogP contribution in [0.25, 0.3) is 0 Å². The molecule has 0 saturated carbocycles. The highest BCUT2D eigenvalue weighted by Crippen LogP contribution is 2.30. The first kappa shape index (κ1) is 13.4. The average Bonchev–Trinajstić information content (AvgIpc) is 3.04. The van der Waals surface area contributed by atoms with Crippen LogP contribution in [0.4, 0.5) is 0 Å². The Balaban J connectivity index is 1.79. The van der Waals surface area contributed by atoms with E-state index in [1.165, 1.54) is 30.4 Å². The fraction of sp³-hybridized carbons (Fsp3) is 0.562. The van der Waals surface area contributed by atoms with Crippen LogP contribution in [0, 0.1) is 0 Å². The summed E-state index contributed by atoms with van der Waals surface area (Å²) in [7, 11) is 2.06. The SMILES string of the molecule is CNC1CCCc2cn(Cc3ccn(C(C)C)n3)cc21. The molecule has 0 bridgehead atoms. The number of hydrogen-bond donors (Lipinski definition) is 1. The van der Waals surface area contributed by atoms with Gasteiger partial charge in [-0.05, 0) is 57.4 Å². The molecule has 0 aromatic carbocycles. The van der Waals surface area contributed by atoms with Crippen LogP contribution in [0.3, 0.4) is 0 Å². The Labute approximate surface area is 120 Å². The highest BCUT2D eigenvalue weighted by molar-refractivity contribution is 5.30. The molecular weight excluding hydrogens is 248 g/mol. The lowest BCUT2D eigenvalue weighted by molar-refractivity contribution is 0.498. The molecule has 0 fully saturated rings. The molecule has 4 nitrogen and oxygen atoms in total. The topological polar surface area (TPSA) is 34.8 Å². The van der Waals surface area contributed by atoms with Crippen LogP contribution in [-0.4, -0.2) is 21.4 Å². The van der Waals surface area contributed by atoms with Gasteiger partial charge in [-0.2, -0.15) is 5.10 Å². The molecule has 1 N–H and O–H groups in total. The van der Waals surface area contributed by atoms with Gasteiger partial charge in [-0.3, -0.25) is 4.68 Å². The van der Waals surface area contributed by atoms with Crippen LogP contribution in [0.5, 0.6) is 0 Å². The van der Waals surface area contributed by atoms with Crippen molar-refractivity contribution in [3.05, 3.63) is 41.5 Å². The lowest BCUT2D eigenvalue weighted by Crippen LogP contribution is -2.20. The Morgan fingerprint density at radius 1 is 1.40 bits per heavy atom. The molecule has 0 radical (unpaired) electrons. The summed E-state index contributed by atoms with van der Waals surface area (Å²) in [6.07, 6.45) is 10.4. The maximum Gasteiger partial charge on any atom is 0.0821 e. The zero-order chi connectivity index (χ0) is 14.1. The highest BCUT2D eigenvalue weighted by atomic mass is 15.3. The minimum Gasteiger partial charge on any atom is -0.348 e. The van der Waals surface area contributed by atoms with Gasteiger partial charge in [0, 0.05) is 30.7 Å². The fourth-order valence-corrected chi connectivity index (χ4v) is 3.08. The number of aryl methyl sites for hydroxylation is 1. The van der Waals surface area contributed by atoms with Gasteiger partial charge in [-0.25, -0.2) is 0 Å². The summed E-state index contributed by atoms with van der Waals surface area (Å²) in [5, 5.41) is 8.05. The zero-order valence-electron chi connectivity index (χ0n) is 12.6. The van der Waals surface area contributed by atoms with Gasteiger partial charge >= 0.3 is 0 Å². The van der Waals surface area contributed by atoms with E-state index in [2.05, 4.69) is 60.5 Å². The second-order valence-electron chi connectivity index (χ2n) is 6.03. The van der Waals surface area contributed by atoms with Gasteiger partial charge in [-0.15, -0.1) is 0 Å². The van der Waals surface area contributed by atoms with E-state index in [0.29, 0.717) is 12.1 Å². The van der Waals surface area contributed by atoms with Crippen molar-refractivity contribution in [3.63, 3.8) is 0 Å². The normalized spacial score (nSPS) is 18.5. The summed E-state index contributed by atoms with van der Waals surface area (Å²) in [6.45, 7) is 5.18. The van der Waals surface area contributed by atoms with Crippen LogP contribution in [-0.2, 0) is 13.0 Å². The lowest BCUT2D eigenvalue weighted by Gasteiger charge is -2.21. The molecule has 2 heterocycles. The van der Waals surface area contributed by atoms with E-state index in [-0.39, 0.29) is 0 Å². The summed E-state index contributed by atoms with van der Waals surface area (Å²) >= 11 is 0. The van der Waals surface area contributed by atoms with Gasteiger partial charge in [0.25, 0.3) is 0 Å². The molecule has 1 atom stereocenters. The smallest absolute Gasteiger partial charge is 0.0821 e. The molecule has 0 spiro atoms. The maximum atomic E-state index is 4.63. The number of aromatic nitrogens is 3. The Morgan fingerprint density at radius 3 is 2.95 bits per heavy atom. The second kappa shape index (κ2) is 5.44. The van der Waals surface area contributed by atoms with Crippen LogP contribution >= 0.6 is 0 Å². The third-order valence-corrected chi connectivity index (χ3v) is 4.20. The van der Waals surface area contributed by atoms with E-state index in [9.17, 15) is 0 Å². The number of rotatable bonds is 4. The van der Waals surface area contributed by atoms with E-state index >= 15 is 0 Å². The van der Waals surface area contributed by atoms with Gasteiger partial charge in [0.05, 0.1) is 12.2 Å². The first-order valence-electron chi connectivity index (χ1n) is 7.57. The number of fused-ring (bicyclic) bond motifs is 1. The van der Waals surface area contributed by atoms with Gasteiger partial charge < -0.3 is 9.88 Å². The van der Waals surface area contributed by atoms with Crippen molar-refractivity contribution in [2.45, 2.75) is 51.7 Å². The van der Waals surface area contributed by atoms with Gasteiger partial charge in [0.15, 0.2) is 0 Å². The van der Waals surface area contributed by atoms with E-state index in [1.54, 1.807) is 0 Å². The molecule has 1 unspecified atom stereocenters. The molecular formula is C16H24N4. The molecule has 1 aliphatic carbocycles. The van der Waals surface area contributed by atoms with Crippen molar-refractivity contribution >= 4 is 0 Å². The summed E-state index contributed by atoms with van der Waals surface area (Å²) in [6, 6.07) is 3.07. The first-order valence-corrected chi connectivity index (χ1v) is 7.57. The Hall–Kier alpha value is -1.55. The predicted molar refractivity (Wildman–Crippen MR) is 80.9 cm³/mol. The first-order chi connectivity index (χ1) is 9.67. The maximum absolute atomic E-state index is 4.63. The van der Waals surface area contributed by atoms with Crippen LogP contribution in [0.2, 0.25) is 0 Å². The van der Waals surface area contributed by atoms with Crippen molar-refractivity contribution in [1.82, 2.24) is 19.7 Å². The van der Waals surface area contributed by atoms with Crippen molar-refractivity contribution in [2.24, 2.45) is 0 Å². The van der Waals surface area contributed by atoms with Gasteiger partial charge in [0.2, 0.25) is 0 Å². The van der Waals surface area contributed by atoms with Crippen LogP contribution in [0.15, 0.2) is 24.7 Å². The van der Waals surface area contributed by atoms with Gasteiger partial charge in [-0.1, -0.05) is 0 Å². The molecule has 1 aliphatic rings. The molecule has 0 saturated heterocycles. The molecule has 3 rings (SSSR count). The van der Waals surface area contributed by atoms with E-state index in [0.717, 1.165) is 12.2 Å². The summed E-state index contributed by atoms with van der Waals surface area (Å²) in [5.41, 5.74) is 4.10. The minimum atomic E-state index is 0.426. The van der Waals surface area contributed by atoms with Crippen LogP contribution < -0.4 is 5.32 Å². The fourth-order valence-electron chi connectivity index (χ4n) is 3.08. The van der Waals surface area contributed by atoms with Crippen molar-refractivity contribution in [3.8, 4) is 0 Å². The summed E-state index contributed by atoms with van der Waals surface area (Å²) in [5.74, 6) is 0. The molecule has 108 valence electrons. The Morgan fingerprint density at radius 2 is 2.25 bits per heavy atom. The van der Waals surface area contributed by atoms with Crippen molar-refractivity contribution in [2.75, 3.05) is 7.05 Å². The van der Waals surface area contributed by atoms with Crippen molar-refractivity contribution < 1.29 is 0 Å². The third kappa shape index (κ3) is 2.52. The van der Waals surface area contributed by atoms with Crippen LogP contribution in [0.1, 0.15) is 55.6 Å². The largest absolute Gasteiger partial charge is 0.348 e. The standard InChI is InChI=1S/C16H24N4/c1-12(2)20-8-7-14(18-20)10-19-9-13-5-4-6-16(17-3)15(13)11-19/h7-9,11-12,16-17H,4-6,10H2,1-3H3. The molecule has 20 heavy (non-hydrogen) atoms. The number of nitrogens with one attached hydrogen (secondary N) is 1. The van der Waals surface area contributed by atoms with Gasteiger partial charge in [0.1, 0.15) is 0 Å². The van der Waals surface area contributed by atoms with Crippen molar-refractivity contribution in [1.29, 1.82) is 0 Å². The monoisotopic (exact) mass is 272 g/mol. The minimum absolute atomic E-state index is 0.426. The van der Waals surface area contributed by atoms with E-state index in [4.69, 9.17) is 0 Å². The highest BCUT2D eigenvalue weighted by Gasteiger charge is 2.20. The average molecular weight is 272 g/mol. The second-order valence-corrected chi connectivity index (χ2v) is 6.03. The quantitative estimate of drug-likeness (QED) is 0.928. The van der Waals surface area contributed by atoms with E-state index < -0.39 is 0 Å². The predicted octanol–water partition coefficient (Wildman–Crippen LogP) is 2.91. The molecule has 0 amide bonds. The Kier molecular flexibility index (Phi) is 3.66. The van der Waals surface area contributed by atoms with E-state index in [1.807, 2.05) is 4.68 Å². The molecule has 2 aromatic rings. The molecule has 4 heteroatoms. The summed E-state index contributed by atoms with van der Waals surface area (Å²) in [4.78, 5) is 0. The lowest BCUT2D eigenvalue weighted by atomic mass is 9.91. The molecule has 0 aliphatic heterocycles. The third-order valence-electron chi connectivity index (χ3n) is 4.20.